The molecule has 0 aromatic rings. The molecule has 0 bridgehead atoms. The average molecular weight is 205 g/mol. The van der Waals surface area contributed by atoms with Gasteiger partial charge in [-0.1, -0.05) is 0 Å². The van der Waals surface area contributed by atoms with Crippen LogP contribution >= 0.6 is 23.5 Å². The lowest BCUT2D eigenvalue weighted by Crippen LogP contribution is -2.21. The number of hydrogen-bond acceptors (Lipinski definition) is 4. The van der Waals surface area contributed by atoms with Crippen molar-refractivity contribution in [1.82, 2.24) is 0 Å². The van der Waals surface area contributed by atoms with Gasteiger partial charge in [0.15, 0.2) is 0 Å². The summed E-state index contributed by atoms with van der Waals surface area (Å²) in [5, 5.41) is 11.5. The molecule has 1 atom stereocenters. The second-order valence-electron chi connectivity index (χ2n) is 3.11. The highest BCUT2D eigenvalue weighted by atomic mass is 32.2. The third-order valence-corrected chi connectivity index (χ3v) is 4.90. The van der Waals surface area contributed by atoms with Crippen LogP contribution in [-0.2, 0) is 0 Å². The zero-order valence-electron chi connectivity index (χ0n) is 7.44. The first-order chi connectivity index (χ1) is 5.57. The molecule has 1 heterocycles. The van der Waals surface area contributed by atoms with Gasteiger partial charge in [0.1, 0.15) is 14.1 Å². The fraction of sp³-hybridized carbons (Fsp3) is 0.714. The molecule has 12 heavy (non-hydrogen) atoms. The normalized spacial score (nSPS) is 30.1. The smallest absolute Gasteiger partial charge is 0.270 e. The third kappa shape index (κ3) is 2.17. The maximum Gasteiger partial charge on any atom is 0.270 e. The van der Waals surface area contributed by atoms with Gasteiger partial charge in [0.2, 0.25) is 0 Å². The van der Waals surface area contributed by atoms with E-state index in [1.807, 2.05) is 14.1 Å². The van der Waals surface area contributed by atoms with Crippen molar-refractivity contribution >= 4 is 34.1 Å². The van der Waals surface area contributed by atoms with Gasteiger partial charge in [0.25, 0.3) is 4.38 Å². The Morgan fingerprint density at radius 2 is 2.33 bits per heavy atom. The van der Waals surface area contributed by atoms with Gasteiger partial charge in [-0.3, -0.25) is 0 Å². The second-order valence-corrected chi connectivity index (χ2v) is 5.85. The van der Waals surface area contributed by atoms with Gasteiger partial charge in [-0.15, -0.1) is 5.16 Å². The summed E-state index contributed by atoms with van der Waals surface area (Å²) < 4.78 is 3.32. The fourth-order valence-electron chi connectivity index (χ4n) is 0.870. The molecule has 68 valence electrons. The molecule has 0 amide bonds. The lowest BCUT2D eigenvalue weighted by atomic mass is 10.2. The molecule has 1 aliphatic rings. The minimum Gasteiger partial charge on any atom is -0.411 e. The number of oxime groups is 1. The van der Waals surface area contributed by atoms with Crippen LogP contribution in [0.2, 0.25) is 0 Å². The molecule has 1 N–H and O–H groups in total. The van der Waals surface area contributed by atoms with E-state index in [-0.39, 0.29) is 4.75 Å². The van der Waals surface area contributed by atoms with Crippen molar-refractivity contribution in [2.45, 2.75) is 11.7 Å². The topological polar surface area (TPSA) is 35.6 Å². The molecule has 1 fully saturated rings. The maximum absolute atomic E-state index is 8.44. The molecule has 0 aliphatic carbocycles. The van der Waals surface area contributed by atoms with Crippen LogP contribution in [0.5, 0.6) is 0 Å². The van der Waals surface area contributed by atoms with E-state index in [4.69, 9.17) is 5.21 Å². The monoisotopic (exact) mass is 205 g/mol. The van der Waals surface area contributed by atoms with Crippen LogP contribution in [-0.4, -0.2) is 45.0 Å². The van der Waals surface area contributed by atoms with Crippen LogP contribution in [0.1, 0.15) is 6.92 Å². The summed E-state index contributed by atoms with van der Waals surface area (Å²) in [5.74, 6) is 0.968. The molecule has 0 aromatic heterocycles. The predicted molar refractivity (Wildman–Crippen MR) is 55.8 cm³/mol. The highest BCUT2D eigenvalue weighted by Crippen LogP contribution is 2.40. The predicted octanol–water partition coefficient (Wildman–Crippen LogP) is 1.31. The van der Waals surface area contributed by atoms with Gasteiger partial charge in [0, 0.05) is 5.75 Å². The number of nitrogens with zero attached hydrogens (tertiary/aromatic N) is 2. The maximum atomic E-state index is 8.44. The molecule has 1 saturated heterocycles. The van der Waals surface area contributed by atoms with E-state index >= 15 is 0 Å². The summed E-state index contributed by atoms with van der Waals surface area (Å²) in [6.45, 7) is 2.07. The Balaban J connectivity index is 2.73. The number of thioether (sulfide) groups is 2. The largest absolute Gasteiger partial charge is 0.411 e. The minimum absolute atomic E-state index is 0.0426. The van der Waals surface area contributed by atoms with Crippen LogP contribution < -0.4 is 0 Å². The molecule has 0 radical (unpaired) electrons. The van der Waals surface area contributed by atoms with E-state index < -0.39 is 0 Å². The molecule has 0 unspecified atom stereocenters. The van der Waals surface area contributed by atoms with Crippen LogP contribution in [0.25, 0.3) is 0 Å². The van der Waals surface area contributed by atoms with E-state index in [0.29, 0.717) is 0 Å². The van der Waals surface area contributed by atoms with Gasteiger partial charge < -0.3 is 5.21 Å². The van der Waals surface area contributed by atoms with Crippen LogP contribution in [0.3, 0.4) is 0 Å². The Morgan fingerprint density at radius 1 is 1.67 bits per heavy atom. The van der Waals surface area contributed by atoms with Crippen molar-refractivity contribution < 1.29 is 9.78 Å². The number of rotatable bonds is 1. The van der Waals surface area contributed by atoms with E-state index in [1.165, 1.54) is 4.38 Å². The van der Waals surface area contributed by atoms with Gasteiger partial charge in [-0.2, -0.15) is 0 Å². The summed E-state index contributed by atoms with van der Waals surface area (Å²) in [7, 11) is 4.05. The summed E-state index contributed by atoms with van der Waals surface area (Å²) in [4.78, 5) is 0. The Hall–Kier alpha value is -0.160. The zero-order valence-corrected chi connectivity index (χ0v) is 9.08. The Morgan fingerprint density at radius 3 is 2.75 bits per heavy atom. The molecule has 5 heteroatoms. The summed E-state index contributed by atoms with van der Waals surface area (Å²) in [6.07, 6.45) is 1.60. The highest BCUT2D eigenvalue weighted by molar-refractivity contribution is 8.42. The molecule has 1 aliphatic heterocycles. The SMILES string of the molecule is C[N+](C)=C1SC[C@](C)(C=NO)S1. The van der Waals surface area contributed by atoms with Crippen LogP contribution in [0.4, 0.5) is 0 Å². The van der Waals surface area contributed by atoms with Crippen molar-refractivity contribution in [3.05, 3.63) is 0 Å². The molecule has 0 spiro atoms. The van der Waals surface area contributed by atoms with Crippen LogP contribution in [0.15, 0.2) is 5.16 Å². The van der Waals surface area contributed by atoms with Gasteiger partial charge >= 0.3 is 0 Å². The van der Waals surface area contributed by atoms with E-state index in [0.717, 1.165) is 5.75 Å². The first kappa shape index (κ1) is 9.92. The van der Waals surface area contributed by atoms with Gasteiger partial charge in [-0.25, -0.2) is 4.58 Å². The lowest BCUT2D eigenvalue weighted by molar-refractivity contribution is -0.458. The Labute approximate surface area is 80.9 Å². The second kappa shape index (κ2) is 3.70. The minimum atomic E-state index is -0.0426. The van der Waals surface area contributed by atoms with Crippen molar-refractivity contribution in [3.8, 4) is 0 Å². The van der Waals surface area contributed by atoms with Crippen molar-refractivity contribution in [2.75, 3.05) is 19.8 Å². The van der Waals surface area contributed by atoms with E-state index in [2.05, 4.69) is 16.7 Å². The molecule has 0 saturated carbocycles. The van der Waals surface area contributed by atoms with Crippen molar-refractivity contribution in [1.29, 1.82) is 0 Å². The van der Waals surface area contributed by atoms with E-state index in [1.54, 1.807) is 29.7 Å². The summed E-state index contributed by atoms with van der Waals surface area (Å²) in [6, 6.07) is 0. The van der Waals surface area contributed by atoms with Crippen molar-refractivity contribution in [3.63, 3.8) is 0 Å². The zero-order chi connectivity index (χ0) is 9.19. The van der Waals surface area contributed by atoms with Crippen molar-refractivity contribution in [2.24, 2.45) is 5.16 Å². The first-order valence-corrected chi connectivity index (χ1v) is 5.42. The van der Waals surface area contributed by atoms with Gasteiger partial charge in [0.05, 0.1) is 11.0 Å². The fourth-order valence-corrected chi connectivity index (χ4v) is 3.69. The Kier molecular flexibility index (Phi) is 3.06. The quantitative estimate of drug-likeness (QED) is 0.303. The lowest BCUT2D eigenvalue weighted by Gasteiger charge is -2.10. The average Bonchev–Trinajstić information content (AvgIpc) is 2.33. The standard InChI is InChI=1S/C7H12N2OS2/c1-7(4-8-10)5-11-6(12-7)9(2)3/h4H,5H2,1-3H3/p+1/t7-/m0/s1. The molecule has 1 rings (SSSR count). The van der Waals surface area contributed by atoms with Gasteiger partial charge in [-0.05, 0) is 30.4 Å². The van der Waals surface area contributed by atoms with Crippen LogP contribution in [0, 0.1) is 0 Å². The highest BCUT2D eigenvalue weighted by Gasteiger charge is 2.37. The number of hydrogen-bond donors (Lipinski definition) is 1. The Bertz CT molecular complexity index is 236. The molecule has 0 aromatic carbocycles. The molecular weight excluding hydrogens is 192 g/mol. The molecule has 3 nitrogen and oxygen atoms in total. The molecular formula is C7H13N2OS2+. The van der Waals surface area contributed by atoms with E-state index in [9.17, 15) is 0 Å². The first-order valence-electron chi connectivity index (χ1n) is 3.62. The summed E-state index contributed by atoms with van der Waals surface area (Å²) in [5.41, 5.74) is 0. The summed E-state index contributed by atoms with van der Waals surface area (Å²) >= 11 is 3.54. The third-order valence-electron chi connectivity index (χ3n) is 1.50.